The first kappa shape index (κ1) is 10.8. The molecule has 0 saturated heterocycles. The lowest BCUT2D eigenvalue weighted by Gasteiger charge is -2.05. The van der Waals surface area contributed by atoms with Gasteiger partial charge in [0.15, 0.2) is 5.78 Å². The standard InChI is InChI=1S/C8H12O4/c1-3-6(8(11)12)7(10)4-5(2)9/h6H,3-4H2,1-2H3,(H,11,12). The molecule has 0 spiro atoms. The average Bonchev–Trinajstić information content (AvgIpc) is 1.85. The Labute approximate surface area is 70.6 Å². The van der Waals surface area contributed by atoms with Crippen LogP contribution in [-0.4, -0.2) is 22.6 Å². The quantitative estimate of drug-likeness (QED) is 0.618. The molecule has 0 aliphatic heterocycles. The highest BCUT2D eigenvalue weighted by molar-refractivity contribution is 6.06. The number of rotatable bonds is 5. The van der Waals surface area contributed by atoms with E-state index >= 15 is 0 Å². The Morgan fingerprint density at radius 1 is 1.33 bits per heavy atom. The summed E-state index contributed by atoms with van der Waals surface area (Å²) in [6.07, 6.45) is -0.0355. The number of ketones is 2. The number of Topliss-reactive ketones (excluding diaryl/α,β-unsaturated/α-hetero) is 2. The summed E-state index contributed by atoms with van der Waals surface area (Å²) in [6, 6.07) is 0. The molecule has 0 aromatic carbocycles. The van der Waals surface area contributed by atoms with Crippen molar-refractivity contribution in [3.05, 3.63) is 0 Å². The van der Waals surface area contributed by atoms with E-state index in [0.29, 0.717) is 0 Å². The van der Waals surface area contributed by atoms with Crippen molar-refractivity contribution in [2.75, 3.05) is 0 Å². The van der Waals surface area contributed by atoms with Gasteiger partial charge in [0.1, 0.15) is 11.7 Å². The molecule has 0 aliphatic carbocycles. The van der Waals surface area contributed by atoms with Gasteiger partial charge >= 0.3 is 5.97 Å². The van der Waals surface area contributed by atoms with E-state index in [4.69, 9.17) is 5.11 Å². The van der Waals surface area contributed by atoms with Gasteiger partial charge in [-0.2, -0.15) is 0 Å². The molecule has 0 radical (unpaired) electrons. The highest BCUT2D eigenvalue weighted by atomic mass is 16.4. The lowest BCUT2D eigenvalue weighted by atomic mass is 9.98. The fraction of sp³-hybridized carbons (Fsp3) is 0.625. The molecule has 68 valence electrons. The summed E-state index contributed by atoms with van der Waals surface area (Å²) in [5, 5.41) is 8.52. The molecule has 0 bridgehead atoms. The van der Waals surface area contributed by atoms with Crippen molar-refractivity contribution in [2.45, 2.75) is 26.7 Å². The molecule has 0 amide bonds. The molecule has 0 heterocycles. The molecule has 1 atom stereocenters. The van der Waals surface area contributed by atoms with Crippen LogP contribution in [-0.2, 0) is 14.4 Å². The number of carboxylic acid groups (broad SMARTS) is 1. The predicted molar refractivity (Wildman–Crippen MR) is 41.7 cm³/mol. The van der Waals surface area contributed by atoms with E-state index in [2.05, 4.69) is 0 Å². The van der Waals surface area contributed by atoms with E-state index in [-0.39, 0.29) is 18.6 Å². The van der Waals surface area contributed by atoms with E-state index in [1.54, 1.807) is 6.92 Å². The summed E-state index contributed by atoms with van der Waals surface area (Å²) in [4.78, 5) is 31.9. The summed E-state index contributed by atoms with van der Waals surface area (Å²) >= 11 is 0. The first-order chi connectivity index (χ1) is 5.49. The Morgan fingerprint density at radius 2 is 1.83 bits per heavy atom. The Hall–Kier alpha value is -1.19. The van der Waals surface area contributed by atoms with Gasteiger partial charge in [-0.1, -0.05) is 6.92 Å². The minimum atomic E-state index is -1.15. The smallest absolute Gasteiger partial charge is 0.314 e. The van der Waals surface area contributed by atoms with Crippen molar-refractivity contribution >= 4 is 17.5 Å². The minimum Gasteiger partial charge on any atom is -0.481 e. The Balaban J connectivity index is 4.22. The SMILES string of the molecule is CCC(C(=O)O)C(=O)CC(C)=O. The summed E-state index contributed by atoms with van der Waals surface area (Å²) in [7, 11) is 0. The van der Waals surface area contributed by atoms with Gasteiger partial charge in [0, 0.05) is 0 Å². The number of hydrogen-bond donors (Lipinski definition) is 1. The maximum Gasteiger partial charge on any atom is 0.314 e. The molecule has 0 aromatic rings. The van der Waals surface area contributed by atoms with Gasteiger partial charge in [-0.3, -0.25) is 14.4 Å². The maximum atomic E-state index is 11.0. The lowest BCUT2D eigenvalue weighted by molar-refractivity contribution is -0.146. The third kappa shape index (κ3) is 3.27. The van der Waals surface area contributed by atoms with E-state index < -0.39 is 17.7 Å². The van der Waals surface area contributed by atoms with E-state index in [9.17, 15) is 14.4 Å². The van der Waals surface area contributed by atoms with Gasteiger partial charge in [-0.15, -0.1) is 0 Å². The maximum absolute atomic E-state index is 11.0. The number of carbonyl (C=O) groups excluding carboxylic acids is 2. The van der Waals surface area contributed by atoms with Gasteiger partial charge in [-0.25, -0.2) is 0 Å². The second kappa shape index (κ2) is 4.64. The van der Waals surface area contributed by atoms with Crippen molar-refractivity contribution in [3.63, 3.8) is 0 Å². The first-order valence-corrected chi connectivity index (χ1v) is 3.74. The summed E-state index contributed by atoms with van der Waals surface area (Å²) in [5.74, 6) is -2.96. The molecule has 0 saturated carbocycles. The van der Waals surface area contributed by atoms with Crippen LogP contribution in [0.2, 0.25) is 0 Å². The second-order valence-electron chi connectivity index (χ2n) is 2.64. The van der Waals surface area contributed by atoms with Crippen molar-refractivity contribution in [2.24, 2.45) is 5.92 Å². The third-order valence-electron chi connectivity index (χ3n) is 1.52. The average molecular weight is 172 g/mol. The molecule has 1 unspecified atom stereocenters. The molecule has 0 rings (SSSR count). The molecular formula is C8H12O4. The van der Waals surface area contributed by atoms with Gasteiger partial charge in [0.2, 0.25) is 0 Å². The second-order valence-corrected chi connectivity index (χ2v) is 2.64. The molecule has 0 aliphatic rings. The molecule has 4 heteroatoms. The van der Waals surface area contributed by atoms with Crippen molar-refractivity contribution in [1.29, 1.82) is 0 Å². The molecule has 1 N–H and O–H groups in total. The number of carbonyl (C=O) groups is 3. The van der Waals surface area contributed by atoms with Gasteiger partial charge < -0.3 is 5.11 Å². The summed E-state index contributed by atoms with van der Waals surface area (Å²) in [6.45, 7) is 2.88. The van der Waals surface area contributed by atoms with Crippen molar-refractivity contribution in [1.82, 2.24) is 0 Å². The van der Waals surface area contributed by atoms with Gasteiger partial charge in [0.05, 0.1) is 6.42 Å². The normalized spacial score (nSPS) is 12.2. The number of carboxylic acids is 1. The van der Waals surface area contributed by atoms with E-state index in [1.165, 1.54) is 6.92 Å². The van der Waals surface area contributed by atoms with Gasteiger partial charge in [-0.05, 0) is 13.3 Å². The predicted octanol–water partition coefficient (Wildman–Crippen LogP) is 0.645. The zero-order valence-electron chi connectivity index (χ0n) is 7.16. The third-order valence-corrected chi connectivity index (χ3v) is 1.52. The fourth-order valence-electron chi connectivity index (χ4n) is 0.909. The molecule has 4 nitrogen and oxygen atoms in total. The van der Waals surface area contributed by atoms with E-state index in [0.717, 1.165) is 0 Å². The Kier molecular flexibility index (Phi) is 4.18. The van der Waals surface area contributed by atoms with E-state index in [1.807, 2.05) is 0 Å². The minimum absolute atomic E-state index is 0.238. The van der Waals surface area contributed by atoms with Crippen molar-refractivity contribution in [3.8, 4) is 0 Å². The monoisotopic (exact) mass is 172 g/mol. The van der Waals surface area contributed by atoms with Crippen molar-refractivity contribution < 1.29 is 19.5 Å². The Morgan fingerprint density at radius 3 is 2.08 bits per heavy atom. The Bertz CT molecular complexity index is 207. The van der Waals surface area contributed by atoms with Crippen LogP contribution in [0.1, 0.15) is 26.7 Å². The highest BCUT2D eigenvalue weighted by Gasteiger charge is 2.24. The molecule has 0 aromatic heterocycles. The summed E-state index contributed by atoms with van der Waals surface area (Å²) < 4.78 is 0. The summed E-state index contributed by atoms with van der Waals surface area (Å²) in [5.41, 5.74) is 0. The molecule has 0 fully saturated rings. The topological polar surface area (TPSA) is 71.4 Å². The number of hydrogen-bond acceptors (Lipinski definition) is 3. The van der Waals surface area contributed by atoms with Gasteiger partial charge in [0.25, 0.3) is 0 Å². The lowest BCUT2D eigenvalue weighted by Crippen LogP contribution is -2.24. The fourth-order valence-corrected chi connectivity index (χ4v) is 0.909. The highest BCUT2D eigenvalue weighted by Crippen LogP contribution is 2.07. The van der Waals surface area contributed by atoms with Crippen LogP contribution in [0.25, 0.3) is 0 Å². The zero-order valence-corrected chi connectivity index (χ0v) is 7.16. The van der Waals surface area contributed by atoms with Crippen LogP contribution in [0, 0.1) is 5.92 Å². The van der Waals surface area contributed by atoms with Crippen LogP contribution in [0.3, 0.4) is 0 Å². The molecule has 12 heavy (non-hydrogen) atoms. The zero-order chi connectivity index (χ0) is 9.72. The van der Waals surface area contributed by atoms with Crippen LogP contribution in [0.15, 0.2) is 0 Å². The first-order valence-electron chi connectivity index (χ1n) is 3.74. The molecular weight excluding hydrogens is 160 g/mol. The van der Waals surface area contributed by atoms with Crippen LogP contribution < -0.4 is 0 Å². The van der Waals surface area contributed by atoms with Crippen LogP contribution in [0.5, 0.6) is 0 Å². The number of aliphatic carboxylic acids is 1. The van der Waals surface area contributed by atoms with Crippen LogP contribution in [0.4, 0.5) is 0 Å². The largest absolute Gasteiger partial charge is 0.481 e. The van der Waals surface area contributed by atoms with Crippen LogP contribution >= 0.6 is 0 Å².